The van der Waals surface area contributed by atoms with Gasteiger partial charge in [-0.25, -0.2) is 13.2 Å². The molecule has 1 atom stereocenters. The average molecular weight is 288 g/mol. The summed E-state index contributed by atoms with van der Waals surface area (Å²) in [6, 6.07) is 1.14. The normalized spacial score (nSPS) is 12.1. The van der Waals surface area contributed by atoms with Crippen molar-refractivity contribution >= 4 is 11.6 Å². The van der Waals surface area contributed by atoms with Gasteiger partial charge < -0.3 is 10.6 Å². The number of hydrogen-bond donors (Lipinski definition) is 2. The van der Waals surface area contributed by atoms with E-state index in [0.717, 1.165) is 31.4 Å². The van der Waals surface area contributed by atoms with Crippen LogP contribution in [0.25, 0.3) is 0 Å². The summed E-state index contributed by atoms with van der Waals surface area (Å²) in [6.45, 7) is 4.12. The summed E-state index contributed by atoms with van der Waals surface area (Å²) in [5, 5.41) is 5.22. The highest BCUT2D eigenvalue weighted by Gasteiger charge is 2.17. The van der Waals surface area contributed by atoms with Crippen LogP contribution in [0.3, 0.4) is 0 Å². The molecule has 1 unspecified atom stereocenters. The third kappa shape index (κ3) is 4.43. The molecule has 1 aromatic carbocycles. The summed E-state index contributed by atoms with van der Waals surface area (Å²) >= 11 is 0. The Labute approximate surface area is 116 Å². The van der Waals surface area contributed by atoms with E-state index in [-0.39, 0.29) is 11.6 Å². The van der Waals surface area contributed by atoms with Gasteiger partial charge in [0, 0.05) is 6.54 Å². The van der Waals surface area contributed by atoms with Gasteiger partial charge in [-0.1, -0.05) is 19.8 Å². The quantitative estimate of drug-likeness (QED) is 0.597. The predicted octanol–water partition coefficient (Wildman–Crippen LogP) is 3.21. The number of benzene rings is 1. The third-order valence-electron chi connectivity index (χ3n) is 2.88. The Balaban J connectivity index is 2.55. The van der Waals surface area contributed by atoms with Crippen molar-refractivity contribution in [2.24, 2.45) is 0 Å². The molecule has 1 amide bonds. The second kappa shape index (κ2) is 7.77. The summed E-state index contributed by atoms with van der Waals surface area (Å²) in [7, 11) is 0. The van der Waals surface area contributed by atoms with Crippen LogP contribution in [0.2, 0.25) is 0 Å². The number of anilines is 1. The van der Waals surface area contributed by atoms with Crippen LogP contribution >= 0.6 is 0 Å². The molecule has 0 fully saturated rings. The second-order valence-electron chi connectivity index (χ2n) is 4.59. The number of hydrogen-bond acceptors (Lipinski definition) is 2. The van der Waals surface area contributed by atoms with E-state index >= 15 is 0 Å². The molecule has 0 aliphatic heterocycles. The fourth-order valence-electron chi connectivity index (χ4n) is 1.68. The van der Waals surface area contributed by atoms with Crippen LogP contribution in [0.15, 0.2) is 12.1 Å². The highest BCUT2D eigenvalue weighted by molar-refractivity contribution is 5.84. The van der Waals surface area contributed by atoms with Gasteiger partial charge in [-0.15, -0.1) is 0 Å². The molecular weight excluding hydrogens is 269 g/mol. The fourth-order valence-corrected chi connectivity index (χ4v) is 1.68. The monoisotopic (exact) mass is 288 g/mol. The van der Waals surface area contributed by atoms with Crippen LogP contribution < -0.4 is 10.6 Å². The maximum Gasteiger partial charge on any atom is 0.242 e. The number of amides is 1. The van der Waals surface area contributed by atoms with Crippen molar-refractivity contribution in [3.63, 3.8) is 0 Å². The first-order valence-electron chi connectivity index (χ1n) is 6.65. The first-order valence-corrected chi connectivity index (χ1v) is 6.65. The Bertz CT molecular complexity index is 466. The number of carbonyl (C=O) groups is 1. The highest BCUT2D eigenvalue weighted by atomic mass is 19.2. The average Bonchev–Trinajstić information content (AvgIpc) is 2.44. The molecule has 0 spiro atoms. The van der Waals surface area contributed by atoms with E-state index in [1.54, 1.807) is 0 Å². The SMILES string of the molecule is CCCCCNC(=O)C(C)Nc1ccc(F)c(F)c1F. The largest absolute Gasteiger partial charge is 0.371 e. The van der Waals surface area contributed by atoms with Crippen LogP contribution in [0.4, 0.5) is 18.9 Å². The molecule has 0 aliphatic rings. The molecule has 0 saturated carbocycles. The van der Waals surface area contributed by atoms with Crippen molar-refractivity contribution in [1.29, 1.82) is 0 Å². The molecule has 0 saturated heterocycles. The van der Waals surface area contributed by atoms with Crippen molar-refractivity contribution in [2.45, 2.75) is 39.2 Å². The summed E-state index contributed by atoms with van der Waals surface area (Å²) < 4.78 is 39.2. The lowest BCUT2D eigenvalue weighted by atomic mass is 10.2. The van der Waals surface area contributed by atoms with Gasteiger partial charge in [0.2, 0.25) is 5.91 Å². The number of nitrogens with one attached hydrogen (secondary N) is 2. The molecule has 6 heteroatoms. The molecular formula is C14H19F3N2O. The van der Waals surface area contributed by atoms with Crippen molar-refractivity contribution in [2.75, 3.05) is 11.9 Å². The number of rotatable bonds is 7. The van der Waals surface area contributed by atoms with E-state index in [1.165, 1.54) is 6.92 Å². The van der Waals surface area contributed by atoms with Crippen LogP contribution in [-0.2, 0) is 4.79 Å². The van der Waals surface area contributed by atoms with Gasteiger partial charge >= 0.3 is 0 Å². The van der Waals surface area contributed by atoms with E-state index in [4.69, 9.17) is 0 Å². The Hall–Kier alpha value is -1.72. The van der Waals surface area contributed by atoms with Crippen LogP contribution in [-0.4, -0.2) is 18.5 Å². The Kier molecular flexibility index (Phi) is 6.35. The zero-order chi connectivity index (χ0) is 15.1. The predicted molar refractivity (Wildman–Crippen MR) is 71.9 cm³/mol. The van der Waals surface area contributed by atoms with E-state index < -0.39 is 23.5 Å². The molecule has 1 rings (SSSR count). The molecule has 3 nitrogen and oxygen atoms in total. The zero-order valence-corrected chi connectivity index (χ0v) is 11.6. The molecule has 2 N–H and O–H groups in total. The zero-order valence-electron chi connectivity index (χ0n) is 11.6. The van der Waals surface area contributed by atoms with Gasteiger partial charge in [-0.3, -0.25) is 4.79 Å². The van der Waals surface area contributed by atoms with Crippen molar-refractivity contribution in [1.82, 2.24) is 5.32 Å². The number of halogens is 3. The van der Waals surface area contributed by atoms with Gasteiger partial charge in [-0.2, -0.15) is 0 Å². The minimum absolute atomic E-state index is 0.236. The first kappa shape index (κ1) is 16.3. The van der Waals surface area contributed by atoms with Crippen LogP contribution in [0.5, 0.6) is 0 Å². The van der Waals surface area contributed by atoms with Crippen molar-refractivity contribution < 1.29 is 18.0 Å². The molecule has 0 radical (unpaired) electrons. The molecule has 0 aliphatic carbocycles. The van der Waals surface area contributed by atoms with Crippen molar-refractivity contribution in [3.8, 4) is 0 Å². The molecule has 0 heterocycles. The van der Waals surface area contributed by atoms with Gasteiger partial charge in [0.15, 0.2) is 17.5 Å². The van der Waals surface area contributed by atoms with Gasteiger partial charge in [0.1, 0.15) is 6.04 Å². The molecule has 112 valence electrons. The minimum Gasteiger partial charge on any atom is -0.371 e. The summed E-state index contributed by atoms with van der Waals surface area (Å²) in [5.74, 6) is -4.45. The lowest BCUT2D eigenvalue weighted by Crippen LogP contribution is -2.38. The maximum absolute atomic E-state index is 13.4. The second-order valence-corrected chi connectivity index (χ2v) is 4.59. The Morgan fingerprint density at radius 1 is 1.20 bits per heavy atom. The lowest BCUT2D eigenvalue weighted by Gasteiger charge is -2.16. The third-order valence-corrected chi connectivity index (χ3v) is 2.88. The summed E-state index contributed by atoms with van der Waals surface area (Å²) in [6.07, 6.45) is 2.93. The lowest BCUT2D eigenvalue weighted by molar-refractivity contribution is -0.121. The smallest absolute Gasteiger partial charge is 0.242 e. The van der Waals surface area contributed by atoms with Gasteiger partial charge in [0.05, 0.1) is 5.69 Å². The Morgan fingerprint density at radius 3 is 2.55 bits per heavy atom. The standard InChI is InChI=1S/C14H19F3N2O/c1-3-4-5-8-18-14(20)9(2)19-11-7-6-10(15)12(16)13(11)17/h6-7,9,19H,3-5,8H2,1-2H3,(H,18,20). The molecule has 1 aromatic rings. The Morgan fingerprint density at radius 2 is 1.90 bits per heavy atom. The number of unbranched alkanes of at least 4 members (excludes halogenated alkanes) is 2. The van der Waals surface area contributed by atoms with E-state index in [1.807, 2.05) is 0 Å². The minimum atomic E-state index is -1.55. The van der Waals surface area contributed by atoms with E-state index in [0.29, 0.717) is 6.54 Å². The molecule has 20 heavy (non-hydrogen) atoms. The molecule has 0 aromatic heterocycles. The summed E-state index contributed by atoms with van der Waals surface area (Å²) in [4.78, 5) is 11.7. The van der Waals surface area contributed by atoms with E-state index in [9.17, 15) is 18.0 Å². The van der Waals surface area contributed by atoms with Gasteiger partial charge in [-0.05, 0) is 25.5 Å². The summed E-state index contributed by atoms with van der Waals surface area (Å²) in [5.41, 5.74) is -0.236. The maximum atomic E-state index is 13.4. The highest BCUT2D eigenvalue weighted by Crippen LogP contribution is 2.20. The van der Waals surface area contributed by atoms with Crippen LogP contribution in [0, 0.1) is 17.5 Å². The number of carbonyl (C=O) groups excluding carboxylic acids is 1. The topological polar surface area (TPSA) is 41.1 Å². The molecule has 0 bridgehead atoms. The first-order chi connectivity index (χ1) is 9.47. The van der Waals surface area contributed by atoms with E-state index in [2.05, 4.69) is 17.6 Å². The van der Waals surface area contributed by atoms with Gasteiger partial charge in [0.25, 0.3) is 0 Å². The van der Waals surface area contributed by atoms with Crippen molar-refractivity contribution in [3.05, 3.63) is 29.6 Å². The van der Waals surface area contributed by atoms with Crippen LogP contribution in [0.1, 0.15) is 33.1 Å². The fraction of sp³-hybridized carbons (Fsp3) is 0.500.